The van der Waals surface area contributed by atoms with Crippen LogP contribution in [-0.2, 0) is 6.42 Å². The molecule has 2 heteroatoms. The summed E-state index contributed by atoms with van der Waals surface area (Å²) in [5.74, 6) is 0.770. The van der Waals surface area contributed by atoms with Gasteiger partial charge in [-0.15, -0.1) is 0 Å². The highest BCUT2D eigenvalue weighted by molar-refractivity contribution is 5.90. The van der Waals surface area contributed by atoms with Crippen molar-refractivity contribution in [1.82, 2.24) is 0 Å². The molecule has 2 rings (SSSR count). The minimum atomic E-state index is 0.354. The van der Waals surface area contributed by atoms with Gasteiger partial charge in [-0.1, -0.05) is 30.4 Å². The molecule has 18 heavy (non-hydrogen) atoms. The van der Waals surface area contributed by atoms with E-state index >= 15 is 0 Å². The first-order valence-electron chi connectivity index (χ1n) is 5.80. The van der Waals surface area contributed by atoms with Crippen molar-refractivity contribution >= 4 is 16.3 Å². The molecule has 0 unspecified atom stereocenters. The minimum absolute atomic E-state index is 0.354. The summed E-state index contributed by atoms with van der Waals surface area (Å²) in [5.41, 5.74) is 3.11. The van der Waals surface area contributed by atoms with Gasteiger partial charge in [0.05, 0.1) is 19.6 Å². The number of rotatable bonds is 3. The smallest absolute Gasteiger partial charge is 0.123 e. The topological polar surface area (TPSA) is 33.0 Å². The molecule has 0 heterocycles. The monoisotopic (exact) mass is 237 g/mol. The molecule has 0 radical (unpaired) electrons. The van der Waals surface area contributed by atoms with Gasteiger partial charge in [0.1, 0.15) is 5.75 Å². The Morgan fingerprint density at radius 3 is 2.72 bits per heavy atom. The lowest BCUT2D eigenvalue weighted by atomic mass is 9.98. The Labute approximate surface area is 107 Å². The number of allylic oxidation sites excluding steroid dienone is 1. The van der Waals surface area contributed by atoms with Crippen LogP contribution in [0.25, 0.3) is 16.3 Å². The molecule has 0 aliphatic rings. The molecule has 0 saturated carbocycles. The van der Waals surface area contributed by atoms with Crippen molar-refractivity contribution in [2.75, 3.05) is 7.11 Å². The molecule has 2 aromatic rings. The molecule has 2 aromatic carbocycles. The number of nitriles is 1. The molecule has 0 bridgehead atoms. The average Bonchev–Trinajstić information content (AvgIpc) is 2.38. The predicted octanol–water partition coefficient (Wildman–Crippen LogP) is 3.95. The van der Waals surface area contributed by atoms with Crippen molar-refractivity contribution in [3.63, 3.8) is 0 Å². The van der Waals surface area contributed by atoms with Gasteiger partial charge >= 0.3 is 0 Å². The Balaban J connectivity index is 2.70. The SMILES string of the molecule is C=C(C)c1ccc2c(CC#N)c(OC)ccc2c1. The van der Waals surface area contributed by atoms with Crippen LogP contribution in [0.5, 0.6) is 5.75 Å². The first kappa shape index (κ1) is 12.2. The van der Waals surface area contributed by atoms with E-state index in [0.29, 0.717) is 6.42 Å². The van der Waals surface area contributed by atoms with Crippen molar-refractivity contribution in [2.45, 2.75) is 13.3 Å². The van der Waals surface area contributed by atoms with Crippen LogP contribution in [0.1, 0.15) is 18.1 Å². The number of benzene rings is 2. The van der Waals surface area contributed by atoms with Crippen molar-refractivity contribution in [3.8, 4) is 11.8 Å². The Kier molecular flexibility index (Phi) is 3.34. The maximum atomic E-state index is 8.92. The molecule has 2 nitrogen and oxygen atoms in total. The minimum Gasteiger partial charge on any atom is -0.496 e. The van der Waals surface area contributed by atoms with Gasteiger partial charge in [0.25, 0.3) is 0 Å². The highest BCUT2D eigenvalue weighted by Crippen LogP contribution is 2.30. The number of ether oxygens (including phenoxy) is 1. The van der Waals surface area contributed by atoms with Crippen LogP contribution in [0, 0.1) is 11.3 Å². The lowest BCUT2D eigenvalue weighted by Gasteiger charge is -2.10. The van der Waals surface area contributed by atoms with Gasteiger partial charge in [-0.25, -0.2) is 0 Å². The standard InChI is InChI=1S/C16H15NO/c1-11(2)12-4-6-14-13(10-12)5-7-16(18-3)15(14)8-9-17/h4-7,10H,1,8H2,2-3H3. The van der Waals surface area contributed by atoms with Crippen LogP contribution in [0.3, 0.4) is 0 Å². The first-order chi connectivity index (χ1) is 8.67. The number of methoxy groups -OCH3 is 1. The summed E-state index contributed by atoms with van der Waals surface area (Å²) >= 11 is 0. The lowest BCUT2D eigenvalue weighted by molar-refractivity contribution is 0.411. The Bertz CT molecular complexity index is 650. The van der Waals surface area contributed by atoms with E-state index in [9.17, 15) is 0 Å². The molecule has 0 amide bonds. The van der Waals surface area contributed by atoms with Crippen LogP contribution in [0.4, 0.5) is 0 Å². The van der Waals surface area contributed by atoms with Gasteiger partial charge in [0.15, 0.2) is 0 Å². The van der Waals surface area contributed by atoms with Crippen molar-refractivity contribution in [3.05, 3.63) is 48.0 Å². The molecule has 0 spiro atoms. The van der Waals surface area contributed by atoms with Crippen LogP contribution >= 0.6 is 0 Å². The third-order valence-corrected chi connectivity index (χ3v) is 3.06. The average molecular weight is 237 g/mol. The maximum absolute atomic E-state index is 8.92. The summed E-state index contributed by atoms with van der Waals surface area (Å²) in [6.45, 7) is 5.93. The van der Waals surface area contributed by atoms with E-state index in [0.717, 1.165) is 33.2 Å². The number of hydrogen-bond acceptors (Lipinski definition) is 2. The van der Waals surface area contributed by atoms with Gasteiger partial charge in [0.2, 0.25) is 0 Å². The highest BCUT2D eigenvalue weighted by atomic mass is 16.5. The maximum Gasteiger partial charge on any atom is 0.123 e. The van der Waals surface area contributed by atoms with Gasteiger partial charge in [0, 0.05) is 5.56 Å². The molecule has 0 aromatic heterocycles. The normalized spacial score (nSPS) is 10.1. The largest absolute Gasteiger partial charge is 0.496 e. The summed E-state index contributed by atoms with van der Waals surface area (Å²) in [7, 11) is 1.63. The van der Waals surface area contributed by atoms with E-state index in [2.05, 4.69) is 18.7 Å². The highest BCUT2D eigenvalue weighted by Gasteiger charge is 2.08. The van der Waals surface area contributed by atoms with Gasteiger partial charge < -0.3 is 4.74 Å². The van der Waals surface area contributed by atoms with E-state index in [4.69, 9.17) is 10.00 Å². The summed E-state index contributed by atoms with van der Waals surface area (Å²) in [6.07, 6.45) is 0.354. The molecule has 90 valence electrons. The number of hydrogen-bond donors (Lipinski definition) is 0. The van der Waals surface area contributed by atoms with E-state index in [1.165, 1.54) is 0 Å². The zero-order chi connectivity index (χ0) is 13.1. The first-order valence-corrected chi connectivity index (χ1v) is 5.80. The summed E-state index contributed by atoms with van der Waals surface area (Å²) in [6, 6.07) is 12.3. The molecular formula is C16H15NO. The molecule has 0 aliphatic carbocycles. The predicted molar refractivity (Wildman–Crippen MR) is 74.5 cm³/mol. The van der Waals surface area contributed by atoms with E-state index < -0.39 is 0 Å². The fraction of sp³-hybridized carbons (Fsp3) is 0.188. The van der Waals surface area contributed by atoms with E-state index in [1.807, 2.05) is 31.2 Å². The third kappa shape index (κ3) is 2.08. The summed E-state index contributed by atoms with van der Waals surface area (Å²) in [5, 5.41) is 11.1. The van der Waals surface area contributed by atoms with Crippen LogP contribution in [-0.4, -0.2) is 7.11 Å². The van der Waals surface area contributed by atoms with Gasteiger partial charge in [-0.3, -0.25) is 0 Å². The van der Waals surface area contributed by atoms with Crippen molar-refractivity contribution in [1.29, 1.82) is 5.26 Å². The van der Waals surface area contributed by atoms with Crippen molar-refractivity contribution in [2.24, 2.45) is 0 Å². The van der Waals surface area contributed by atoms with Gasteiger partial charge in [-0.2, -0.15) is 5.26 Å². The van der Waals surface area contributed by atoms with Crippen LogP contribution in [0.2, 0.25) is 0 Å². The second-order valence-electron chi connectivity index (χ2n) is 4.30. The second kappa shape index (κ2) is 4.93. The fourth-order valence-corrected chi connectivity index (χ4v) is 2.09. The van der Waals surface area contributed by atoms with Gasteiger partial charge in [-0.05, 0) is 35.4 Å². The lowest BCUT2D eigenvalue weighted by Crippen LogP contribution is -1.93. The van der Waals surface area contributed by atoms with Crippen molar-refractivity contribution < 1.29 is 4.74 Å². The zero-order valence-corrected chi connectivity index (χ0v) is 10.7. The third-order valence-electron chi connectivity index (χ3n) is 3.06. The molecular weight excluding hydrogens is 222 g/mol. The summed E-state index contributed by atoms with van der Waals surface area (Å²) in [4.78, 5) is 0. The molecule has 0 aliphatic heterocycles. The van der Waals surface area contributed by atoms with Crippen LogP contribution < -0.4 is 4.74 Å². The quantitative estimate of drug-likeness (QED) is 0.809. The number of nitrogens with zero attached hydrogens (tertiary/aromatic N) is 1. The summed E-state index contributed by atoms with van der Waals surface area (Å²) < 4.78 is 5.32. The Morgan fingerprint density at radius 2 is 2.11 bits per heavy atom. The fourth-order valence-electron chi connectivity index (χ4n) is 2.09. The number of fused-ring (bicyclic) bond motifs is 1. The molecule has 0 saturated heterocycles. The molecule has 0 atom stereocenters. The molecule has 0 fully saturated rings. The van der Waals surface area contributed by atoms with Crippen LogP contribution in [0.15, 0.2) is 36.9 Å². The second-order valence-corrected chi connectivity index (χ2v) is 4.30. The van der Waals surface area contributed by atoms with E-state index in [1.54, 1.807) is 7.11 Å². The van der Waals surface area contributed by atoms with E-state index in [-0.39, 0.29) is 0 Å². The zero-order valence-electron chi connectivity index (χ0n) is 10.7. The molecule has 0 N–H and O–H groups in total. The Hall–Kier alpha value is -2.27. The Morgan fingerprint density at radius 1 is 1.33 bits per heavy atom.